The molecule has 0 saturated carbocycles. The molecule has 1 aliphatic carbocycles. The van der Waals surface area contributed by atoms with E-state index in [1.165, 1.54) is 11.1 Å². The normalized spacial score (nSPS) is 17.3. The quantitative estimate of drug-likeness (QED) is 0.647. The van der Waals surface area contributed by atoms with Gasteiger partial charge in [0.05, 0.1) is 29.1 Å². The van der Waals surface area contributed by atoms with Crippen molar-refractivity contribution >= 4 is 17.7 Å². The van der Waals surface area contributed by atoms with Crippen LogP contribution in [0.3, 0.4) is 0 Å². The topological polar surface area (TPSA) is 84.3 Å². The Balaban J connectivity index is 1.35. The molecule has 1 atom stereocenters. The number of rotatable bonds is 4. The molecule has 0 unspecified atom stereocenters. The third kappa shape index (κ3) is 3.21. The highest BCUT2D eigenvalue weighted by Crippen LogP contribution is 2.32. The van der Waals surface area contributed by atoms with Gasteiger partial charge in [0.25, 0.3) is 11.8 Å². The van der Waals surface area contributed by atoms with Gasteiger partial charge in [-0.1, -0.05) is 24.3 Å². The average Bonchev–Trinajstić information content (AvgIpc) is 3.32. The van der Waals surface area contributed by atoms with E-state index in [1.807, 2.05) is 16.9 Å². The number of fused-ring (bicyclic) bond motifs is 2. The number of benzene rings is 2. The van der Waals surface area contributed by atoms with E-state index in [0.29, 0.717) is 11.1 Å². The molecule has 1 N–H and O–H groups in total. The van der Waals surface area contributed by atoms with Crippen LogP contribution in [0, 0.1) is 13.8 Å². The van der Waals surface area contributed by atoms with E-state index in [1.54, 1.807) is 24.3 Å². The third-order valence-electron chi connectivity index (χ3n) is 6.50. The maximum absolute atomic E-state index is 12.8. The molecule has 0 bridgehead atoms. The summed E-state index contributed by atoms with van der Waals surface area (Å²) in [4.78, 5) is 39.0. The second kappa shape index (κ2) is 7.75. The minimum Gasteiger partial charge on any atom is -0.348 e. The van der Waals surface area contributed by atoms with Gasteiger partial charge in [-0.25, -0.2) is 4.68 Å². The maximum Gasteiger partial charge on any atom is 0.262 e. The highest BCUT2D eigenvalue weighted by atomic mass is 16.2. The van der Waals surface area contributed by atoms with Crippen molar-refractivity contribution in [3.63, 3.8) is 0 Å². The molecule has 0 fully saturated rings. The molecule has 5 rings (SSSR count). The van der Waals surface area contributed by atoms with Crippen molar-refractivity contribution in [2.24, 2.45) is 0 Å². The predicted molar refractivity (Wildman–Crippen MR) is 119 cm³/mol. The van der Waals surface area contributed by atoms with Gasteiger partial charge in [0.2, 0.25) is 5.91 Å². The second-order valence-electron chi connectivity index (χ2n) is 8.43. The largest absolute Gasteiger partial charge is 0.348 e. The van der Waals surface area contributed by atoms with Gasteiger partial charge in [0.1, 0.15) is 6.54 Å². The van der Waals surface area contributed by atoms with Gasteiger partial charge in [0, 0.05) is 11.3 Å². The molecule has 7 nitrogen and oxygen atoms in total. The monoisotopic (exact) mass is 428 g/mol. The van der Waals surface area contributed by atoms with E-state index in [0.717, 1.165) is 41.1 Å². The maximum atomic E-state index is 12.8. The Morgan fingerprint density at radius 3 is 2.50 bits per heavy atom. The van der Waals surface area contributed by atoms with Gasteiger partial charge in [-0.3, -0.25) is 19.3 Å². The van der Waals surface area contributed by atoms with E-state index >= 15 is 0 Å². The molecule has 0 saturated heterocycles. The Morgan fingerprint density at radius 1 is 1.06 bits per heavy atom. The van der Waals surface area contributed by atoms with E-state index in [9.17, 15) is 14.4 Å². The Morgan fingerprint density at radius 2 is 1.78 bits per heavy atom. The number of nitrogens with zero attached hydrogens (tertiary/aromatic N) is 3. The number of hydrogen-bond donors (Lipinski definition) is 1. The third-order valence-corrected chi connectivity index (χ3v) is 6.50. The molecule has 1 aromatic heterocycles. The number of imide groups is 1. The van der Waals surface area contributed by atoms with Crippen molar-refractivity contribution in [1.29, 1.82) is 0 Å². The minimum atomic E-state index is -0.423. The molecular weight excluding hydrogens is 404 g/mol. The van der Waals surface area contributed by atoms with Crippen LogP contribution in [0.2, 0.25) is 0 Å². The van der Waals surface area contributed by atoms with Gasteiger partial charge in [0.15, 0.2) is 0 Å². The number of nitrogens with one attached hydrogen (secondary N) is 1. The smallest absolute Gasteiger partial charge is 0.262 e. The van der Waals surface area contributed by atoms with Crippen LogP contribution in [0.4, 0.5) is 0 Å². The first-order valence-corrected chi connectivity index (χ1v) is 10.8. The van der Waals surface area contributed by atoms with Gasteiger partial charge < -0.3 is 5.32 Å². The SMILES string of the molecule is Cc1cccc(-n2ncc3c2CCC[C@H]3NC(=O)CN2C(=O)c3ccccc3C2=O)c1C. The molecule has 2 aliphatic rings. The van der Waals surface area contributed by atoms with E-state index < -0.39 is 11.8 Å². The number of carbonyl (C=O) groups excluding carboxylic acids is 3. The Labute approximate surface area is 186 Å². The lowest BCUT2D eigenvalue weighted by Crippen LogP contribution is -2.42. The van der Waals surface area contributed by atoms with Crippen LogP contribution >= 0.6 is 0 Å². The summed E-state index contributed by atoms with van der Waals surface area (Å²) < 4.78 is 1.97. The van der Waals surface area contributed by atoms with E-state index in [4.69, 9.17) is 0 Å². The van der Waals surface area contributed by atoms with E-state index in [-0.39, 0.29) is 18.5 Å². The van der Waals surface area contributed by atoms with Gasteiger partial charge >= 0.3 is 0 Å². The van der Waals surface area contributed by atoms with Gasteiger partial charge in [-0.15, -0.1) is 0 Å². The minimum absolute atomic E-state index is 0.194. The van der Waals surface area contributed by atoms with Gasteiger partial charge in [-0.2, -0.15) is 5.10 Å². The fourth-order valence-electron chi connectivity index (χ4n) is 4.65. The first-order chi connectivity index (χ1) is 15.5. The predicted octanol–water partition coefficient (Wildman–Crippen LogP) is 3.28. The molecule has 2 heterocycles. The summed E-state index contributed by atoms with van der Waals surface area (Å²) in [5, 5.41) is 7.65. The molecule has 0 spiro atoms. The summed E-state index contributed by atoms with van der Waals surface area (Å²) in [5.74, 6) is -1.20. The molecule has 2 aromatic carbocycles. The van der Waals surface area contributed by atoms with Crippen LogP contribution in [0.25, 0.3) is 5.69 Å². The second-order valence-corrected chi connectivity index (χ2v) is 8.43. The average molecular weight is 428 g/mol. The first kappa shape index (κ1) is 20.2. The number of hydrogen-bond acceptors (Lipinski definition) is 4. The summed E-state index contributed by atoms with van der Waals surface area (Å²) in [6, 6.07) is 12.6. The number of aromatic nitrogens is 2. The van der Waals surface area contributed by atoms with Crippen molar-refractivity contribution in [3.8, 4) is 5.69 Å². The summed E-state index contributed by atoms with van der Waals surface area (Å²) >= 11 is 0. The standard InChI is InChI=1S/C25H24N4O3/c1-15-7-5-11-21(16(15)2)29-22-12-6-10-20(19(22)13-26-29)27-23(30)14-28-24(31)17-8-3-4-9-18(17)25(28)32/h3-5,7-9,11,13,20H,6,10,12,14H2,1-2H3,(H,27,30)/t20-/m1/s1. The van der Waals surface area contributed by atoms with Gasteiger partial charge in [-0.05, 0) is 62.4 Å². The van der Waals surface area contributed by atoms with Crippen molar-refractivity contribution in [2.75, 3.05) is 6.54 Å². The zero-order valence-corrected chi connectivity index (χ0v) is 18.1. The van der Waals surface area contributed by atoms with Crippen LogP contribution in [-0.4, -0.2) is 38.9 Å². The molecule has 3 aromatic rings. The Kier molecular flexibility index (Phi) is 4.89. The fraction of sp³-hybridized carbons (Fsp3) is 0.280. The lowest BCUT2D eigenvalue weighted by Gasteiger charge is -2.25. The summed E-state index contributed by atoms with van der Waals surface area (Å²) in [7, 11) is 0. The van der Waals surface area contributed by atoms with Crippen LogP contribution in [0.15, 0.2) is 48.7 Å². The Bertz CT molecular complexity index is 1220. The van der Waals surface area contributed by atoms with Crippen LogP contribution in [-0.2, 0) is 11.2 Å². The molecular formula is C25H24N4O3. The first-order valence-electron chi connectivity index (χ1n) is 10.8. The number of amides is 3. The molecule has 1 aliphatic heterocycles. The van der Waals surface area contributed by atoms with Crippen LogP contribution < -0.4 is 5.32 Å². The molecule has 3 amide bonds. The molecule has 7 heteroatoms. The lowest BCUT2D eigenvalue weighted by atomic mass is 9.92. The zero-order valence-electron chi connectivity index (χ0n) is 18.1. The van der Waals surface area contributed by atoms with Crippen LogP contribution in [0.1, 0.15) is 62.0 Å². The zero-order chi connectivity index (χ0) is 22.4. The fourth-order valence-corrected chi connectivity index (χ4v) is 4.65. The molecule has 162 valence electrons. The van der Waals surface area contributed by atoms with Crippen molar-refractivity contribution in [2.45, 2.75) is 39.2 Å². The summed E-state index contributed by atoms with van der Waals surface area (Å²) in [6.07, 6.45) is 4.41. The molecule has 0 radical (unpaired) electrons. The number of carbonyl (C=O) groups is 3. The van der Waals surface area contributed by atoms with E-state index in [2.05, 4.69) is 36.4 Å². The highest BCUT2D eigenvalue weighted by molar-refractivity contribution is 6.22. The summed E-state index contributed by atoms with van der Waals surface area (Å²) in [5.41, 5.74) is 6.21. The molecule has 32 heavy (non-hydrogen) atoms. The number of aryl methyl sites for hydroxylation is 1. The lowest BCUT2D eigenvalue weighted by molar-refractivity contribution is -0.122. The van der Waals surface area contributed by atoms with Crippen molar-refractivity contribution in [3.05, 3.63) is 82.2 Å². The van der Waals surface area contributed by atoms with Crippen molar-refractivity contribution < 1.29 is 14.4 Å². The summed E-state index contributed by atoms with van der Waals surface area (Å²) in [6.45, 7) is 3.88. The van der Waals surface area contributed by atoms with Crippen LogP contribution in [0.5, 0.6) is 0 Å². The van der Waals surface area contributed by atoms with Crippen molar-refractivity contribution in [1.82, 2.24) is 20.0 Å². The highest BCUT2D eigenvalue weighted by Gasteiger charge is 2.37. The Hall–Kier alpha value is -3.74.